The van der Waals surface area contributed by atoms with E-state index in [1.54, 1.807) is 20.0 Å². The summed E-state index contributed by atoms with van der Waals surface area (Å²) < 4.78 is 21.3. The second kappa shape index (κ2) is 6.01. The predicted molar refractivity (Wildman–Crippen MR) is 44.5 cm³/mol. The van der Waals surface area contributed by atoms with Crippen LogP contribution < -0.4 is 5.32 Å². The van der Waals surface area contributed by atoms with Gasteiger partial charge in [0.05, 0.1) is 13.2 Å². The Balaban J connectivity index is 4.01. The third kappa shape index (κ3) is 4.35. The maximum absolute atomic E-state index is 11.5. The molecule has 0 aromatic carbocycles. The van der Waals surface area contributed by atoms with Crippen LogP contribution in [0, 0.1) is 11.5 Å². The number of hydrogen-bond donors (Lipinski definition) is 1. The molecular weight excluding hydrogens is 179 g/mol. The summed E-state index contributed by atoms with van der Waals surface area (Å²) >= 11 is 0. The Morgan fingerprint density at radius 2 is 1.92 bits per heavy atom. The zero-order chi connectivity index (χ0) is 9.45. The standard InChI is InChI=1S/C6H13N2O3P/c1-3-10-12(9,11-4-2)6-8-5-7/h8H,3-4,6H2,1-2H3. The Morgan fingerprint density at radius 1 is 1.42 bits per heavy atom. The van der Waals surface area contributed by atoms with Gasteiger partial charge in [0.25, 0.3) is 0 Å². The van der Waals surface area contributed by atoms with Gasteiger partial charge in [0.2, 0.25) is 0 Å². The number of nitrogens with one attached hydrogen (secondary N) is 1. The van der Waals surface area contributed by atoms with Crippen LogP contribution in [0.3, 0.4) is 0 Å². The van der Waals surface area contributed by atoms with Gasteiger partial charge in [-0.05, 0) is 13.8 Å². The van der Waals surface area contributed by atoms with Crippen molar-refractivity contribution in [2.45, 2.75) is 13.8 Å². The lowest BCUT2D eigenvalue weighted by Gasteiger charge is -2.15. The van der Waals surface area contributed by atoms with Crippen molar-refractivity contribution in [2.75, 3.05) is 19.5 Å². The predicted octanol–water partition coefficient (Wildman–Crippen LogP) is 1.28. The van der Waals surface area contributed by atoms with Crippen LogP contribution in [0.4, 0.5) is 0 Å². The van der Waals surface area contributed by atoms with Gasteiger partial charge in [-0.2, -0.15) is 5.26 Å². The summed E-state index contributed by atoms with van der Waals surface area (Å²) in [4.78, 5) is 0. The van der Waals surface area contributed by atoms with E-state index in [1.165, 1.54) is 0 Å². The minimum Gasteiger partial charge on any atom is -0.312 e. The van der Waals surface area contributed by atoms with Gasteiger partial charge in [0, 0.05) is 0 Å². The van der Waals surface area contributed by atoms with Gasteiger partial charge in [-0.3, -0.25) is 4.57 Å². The van der Waals surface area contributed by atoms with E-state index in [0.29, 0.717) is 13.2 Å². The van der Waals surface area contributed by atoms with E-state index in [1.807, 2.05) is 0 Å². The largest absolute Gasteiger partial charge is 0.350 e. The highest BCUT2D eigenvalue weighted by molar-refractivity contribution is 7.53. The van der Waals surface area contributed by atoms with Crippen molar-refractivity contribution in [2.24, 2.45) is 0 Å². The second-order valence-electron chi connectivity index (χ2n) is 1.89. The highest BCUT2D eigenvalue weighted by atomic mass is 31.2. The summed E-state index contributed by atoms with van der Waals surface area (Å²) in [5.74, 6) is 0. The molecule has 0 saturated carbocycles. The van der Waals surface area contributed by atoms with Gasteiger partial charge < -0.3 is 14.4 Å². The van der Waals surface area contributed by atoms with Crippen molar-refractivity contribution >= 4 is 7.60 Å². The number of hydrogen-bond acceptors (Lipinski definition) is 5. The minimum absolute atomic E-state index is 0.0643. The Morgan fingerprint density at radius 3 is 2.25 bits per heavy atom. The fraction of sp³-hybridized carbons (Fsp3) is 0.833. The van der Waals surface area contributed by atoms with E-state index in [0.717, 1.165) is 0 Å². The molecule has 0 fully saturated rings. The van der Waals surface area contributed by atoms with E-state index in [-0.39, 0.29) is 6.29 Å². The van der Waals surface area contributed by atoms with Crippen molar-refractivity contribution in [3.8, 4) is 6.19 Å². The van der Waals surface area contributed by atoms with E-state index in [9.17, 15) is 4.57 Å². The van der Waals surface area contributed by atoms with Crippen LogP contribution in [0.1, 0.15) is 13.8 Å². The molecule has 0 aromatic rings. The summed E-state index contributed by atoms with van der Waals surface area (Å²) in [5.41, 5.74) is 0. The Bertz CT molecular complexity index is 191. The molecule has 0 spiro atoms. The molecule has 0 rings (SSSR count). The monoisotopic (exact) mass is 192 g/mol. The van der Waals surface area contributed by atoms with Crippen LogP contribution >= 0.6 is 7.60 Å². The van der Waals surface area contributed by atoms with Gasteiger partial charge in [-0.1, -0.05) is 0 Å². The average Bonchev–Trinajstić information content (AvgIpc) is 2.02. The molecule has 0 amide bonds. The second-order valence-corrected chi connectivity index (χ2v) is 3.95. The summed E-state index contributed by atoms with van der Waals surface area (Å²) in [5, 5.41) is 10.4. The van der Waals surface area contributed by atoms with E-state index >= 15 is 0 Å². The molecular formula is C6H13N2O3P. The average molecular weight is 192 g/mol. The molecule has 0 atom stereocenters. The van der Waals surface area contributed by atoms with Crippen LogP contribution in [-0.4, -0.2) is 19.5 Å². The molecule has 0 radical (unpaired) electrons. The number of rotatable bonds is 6. The molecule has 0 heterocycles. The third-order valence-corrected chi connectivity index (χ3v) is 2.85. The first-order chi connectivity index (χ1) is 5.68. The van der Waals surface area contributed by atoms with Gasteiger partial charge in [-0.25, -0.2) is 0 Å². The molecule has 0 unspecified atom stereocenters. The Kier molecular flexibility index (Phi) is 5.73. The van der Waals surface area contributed by atoms with E-state index < -0.39 is 7.60 Å². The SMILES string of the molecule is CCOP(=O)(CNC#N)OCC. The van der Waals surface area contributed by atoms with Crippen LogP contribution in [0.15, 0.2) is 0 Å². The van der Waals surface area contributed by atoms with Crippen molar-refractivity contribution < 1.29 is 13.6 Å². The quantitative estimate of drug-likeness (QED) is 0.390. The summed E-state index contributed by atoms with van der Waals surface area (Å²) in [7, 11) is -3.07. The van der Waals surface area contributed by atoms with Crippen LogP contribution in [0.25, 0.3) is 0 Å². The van der Waals surface area contributed by atoms with E-state index in [4.69, 9.17) is 14.3 Å². The molecule has 0 aliphatic rings. The molecule has 0 aromatic heterocycles. The minimum atomic E-state index is -3.07. The van der Waals surface area contributed by atoms with E-state index in [2.05, 4.69) is 5.32 Å². The molecule has 5 nitrogen and oxygen atoms in total. The van der Waals surface area contributed by atoms with Gasteiger partial charge in [0.1, 0.15) is 6.29 Å². The molecule has 1 N–H and O–H groups in total. The topological polar surface area (TPSA) is 71.3 Å². The zero-order valence-electron chi connectivity index (χ0n) is 7.24. The first kappa shape index (κ1) is 11.4. The molecule has 12 heavy (non-hydrogen) atoms. The van der Waals surface area contributed by atoms with Crippen molar-refractivity contribution in [1.29, 1.82) is 5.26 Å². The van der Waals surface area contributed by atoms with Crippen molar-refractivity contribution in [3.05, 3.63) is 0 Å². The summed E-state index contributed by atoms with van der Waals surface area (Å²) in [6, 6.07) is 0. The Hall–Kier alpha value is -0.560. The van der Waals surface area contributed by atoms with Gasteiger partial charge in [-0.15, -0.1) is 0 Å². The van der Waals surface area contributed by atoms with Crippen LogP contribution in [0.5, 0.6) is 0 Å². The first-order valence-electron chi connectivity index (χ1n) is 3.68. The van der Waals surface area contributed by atoms with Gasteiger partial charge >= 0.3 is 7.60 Å². The molecule has 0 aliphatic heterocycles. The van der Waals surface area contributed by atoms with Crippen molar-refractivity contribution in [3.63, 3.8) is 0 Å². The smallest absolute Gasteiger partial charge is 0.312 e. The maximum Gasteiger partial charge on any atom is 0.350 e. The lowest BCUT2D eigenvalue weighted by atomic mass is 10.9. The highest BCUT2D eigenvalue weighted by Crippen LogP contribution is 2.46. The number of nitriles is 1. The van der Waals surface area contributed by atoms with Crippen molar-refractivity contribution in [1.82, 2.24) is 5.32 Å². The van der Waals surface area contributed by atoms with Crippen LogP contribution in [0.2, 0.25) is 0 Å². The molecule has 0 aliphatic carbocycles. The zero-order valence-corrected chi connectivity index (χ0v) is 8.13. The number of nitrogens with zero attached hydrogens (tertiary/aromatic N) is 1. The normalized spacial score (nSPS) is 10.8. The lowest BCUT2D eigenvalue weighted by Crippen LogP contribution is -2.11. The summed E-state index contributed by atoms with van der Waals surface area (Å²) in [6.45, 7) is 4.06. The molecule has 0 bridgehead atoms. The molecule has 70 valence electrons. The first-order valence-corrected chi connectivity index (χ1v) is 5.41. The maximum atomic E-state index is 11.5. The third-order valence-electron chi connectivity index (χ3n) is 1.00. The highest BCUT2D eigenvalue weighted by Gasteiger charge is 2.22. The van der Waals surface area contributed by atoms with Crippen LogP contribution in [-0.2, 0) is 13.6 Å². The van der Waals surface area contributed by atoms with Gasteiger partial charge in [0.15, 0.2) is 6.19 Å². The Labute approximate surface area is 72.2 Å². The molecule has 0 saturated heterocycles. The summed E-state index contributed by atoms with van der Waals surface area (Å²) in [6.07, 6.45) is 1.59. The lowest BCUT2D eigenvalue weighted by molar-refractivity contribution is 0.219. The molecule has 6 heteroatoms. The fourth-order valence-electron chi connectivity index (χ4n) is 0.654. The fourth-order valence-corrected chi connectivity index (χ4v) is 1.96.